The van der Waals surface area contributed by atoms with E-state index in [-0.39, 0.29) is 5.97 Å². The molecule has 4 heteroatoms. The lowest BCUT2D eigenvalue weighted by Gasteiger charge is -2.34. The molecule has 0 radical (unpaired) electrons. The summed E-state index contributed by atoms with van der Waals surface area (Å²) in [4.78, 5) is 12.0. The Morgan fingerprint density at radius 1 is 1.69 bits per heavy atom. The number of hydrogen-bond acceptors (Lipinski definition) is 4. The fourth-order valence-corrected chi connectivity index (χ4v) is 2.29. The number of ether oxygens (including phenoxy) is 1. The van der Waals surface area contributed by atoms with E-state index in [1.54, 1.807) is 13.0 Å². The summed E-state index contributed by atoms with van der Waals surface area (Å²) in [5.41, 5.74) is -0.234. The zero-order chi connectivity index (χ0) is 12.0. The number of esters is 1. The summed E-state index contributed by atoms with van der Waals surface area (Å²) >= 11 is 0. The van der Waals surface area contributed by atoms with Gasteiger partial charge in [0.2, 0.25) is 0 Å². The second kappa shape index (κ2) is 5.68. The Labute approximate surface area is 96.0 Å². The van der Waals surface area contributed by atoms with Crippen LogP contribution in [0, 0.1) is 5.41 Å². The lowest BCUT2D eigenvalue weighted by atomic mass is 9.70. The molecule has 1 saturated carbocycles. The molecule has 0 spiro atoms. The Morgan fingerprint density at radius 2 is 2.44 bits per heavy atom. The molecular formula is C12H19NO3. The highest BCUT2D eigenvalue weighted by atomic mass is 16.5. The van der Waals surface area contributed by atoms with E-state index < -0.39 is 5.41 Å². The van der Waals surface area contributed by atoms with Gasteiger partial charge in [0.15, 0.2) is 0 Å². The van der Waals surface area contributed by atoms with Gasteiger partial charge in [0.1, 0.15) is 5.41 Å². The monoisotopic (exact) mass is 225 g/mol. The Bertz CT molecular complexity index is 299. The van der Waals surface area contributed by atoms with Crippen molar-refractivity contribution in [3.8, 4) is 0 Å². The van der Waals surface area contributed by atoms with E-state index in [1.807, 2.05) is 0 Å². The maximum absolute atomic E-state index is 12.0. The molecule has 0 amide bonds. The van der Waals surface area contributed by atoms with Gasteiger partial charge in [-0.3, -0.25) is 4.79 Å². The van der Waals surface area contributed by atoms with Crippen LogP contribution in [0.1, 0.15) is 39.0 Å². The first kappa shape index (κ1) is 12.7. The molecule has 0 saturated heterocycles. The smallest absolute Gasteiger partial charge is 0.318 e. The standard InChI is InChI=1S/C12H19NO3/c1-3-8-12(11(14)16-4-2)9-6-5-7-10(12)13-15/h3,15H,1,4-9H2,2H3/b13-10+. The molecule has 1 unspecified atom stereocenters. The second-order valence-corrected chi connectivity index (χ2v) is 4.05. The summed E-state index contributed by atoms with van der Waals surface area (Å²) in [5, 5.41) is 12.3. The minimum Gasteiger partial charge on any atom is -0.465 e. The maximum Gasteiger partial charge on any atom is 0.318 e. The average molecular weight is 225 g/mol. The predicted octanol–water partition coefficient (Wildman–Crippen LogP) is 2.52. The molecule has 16 heavy (non-hydrogen) atoms. The fraction of sp³-hybridized carbons (Fsp3) is 0.667. The molecule has 0 aromatic rings. The number of allylic oxidation sites excluding steroid dienone is 1. The van der Waals surface area contributed by atoms with Crippen molar-refractivity contribution in [3.63, 3.8) is 0 Å². The first-order valence-corrected chi connectivity index (χ1v) is 5.70. The number of hydrogen-bond donors (Lipinski definition) is 1. The number of nitrogens with zero attached hydrogens (tertiary/aromatic N) is 1. The molecule has 4 nitrogen and oxygen atoms in total. The van der Waals surface area contributed by atoms with E-state index in [9.17, 15) is 4.79 Å². The zero-order valence-electron chi connectivity index (χ0n) is 9.74. The summed E-state index contributed by atoms with van der Waals surface area (Å²) in [6.07, 6.45) is 5.41. The second-order valence-electron chi connectivity index (χ2n) is 4.05. The van der Waals surface area contributed by atoms with Gasteiger partial charge in [-0.05, 0) is 32.6 Å². The Kier molecular flexibility index (Phi) is 4.52. The summed E-state index contributed by atoms with van der Waals surface area (Å²) in [5.74, 6) is -0.289. The van der Waals surface area contributed by atoms with E-state index >= 15 is 0 Å². The lowest BCUT2D eigenvalue weighted by molar-refractivity contribution is -0.152. The van der Waals surface area contributed by atoms with Crippen molar-refractivity contribution in [1.82, 2.24) is 0 Å². The van der Waals surface area contributed by atoms with Crippen LogP contribution in [0.2, 0.25) is 0 Å². The van der Waals surface area contributed by atoms with E-state index in [1.165, 1.54) is 0 Å². The Balaban J connectivity index is 3.00. The molecule has 0 heterocycles. The SMILES string of the molecule is C=CCC1(C(=O)OCC)CCCC/C1=N\O. The third kappa shape index (κ3) is 2.26. The van der Waals surface area contributed by atoms with E-state index in [2.05, 4.69) is 11.7 Å². The Morgan fingerprint density at radius 3 is 3.00 bits per heavy atom. The number of rotatable bonds is 4. The van der Waals surface area contributed by atoms with Gasteiger partial charge in [0, 0.05) is 0 Å². The third-order valence-corrected chi connectivity index (χ3v) is 3.10. The lowest BCUT2D eigenvalue weighted by Crippen LogP contribution is -2.42. The van der Waals surface area contributed by atoms with Crippen molar-refractivity contribution in [2.24, 2.45) is 10.6 Å². The molecule has 90 valence electrons. The van der Waals surface area contributed by atoms with Gasteiger partial charge in [-0.15, -0.1) is 6.58 Å². The van der Waals surface area contributed by atoms with Crippen LogP contribution in [-0.2, 0) is 9.53 Å². The van der Waals surface area contributed by atoms with E-state index in [0.717, 1.165) is 12.8 Å². The molecule has 0 bridgehead atoms. The molecule has 1 fully saturated rings. The minimum atomic E-state index is -0.773. The first-order valence-electron chi connectivity index (χ1n) is 5.70. The van der Waals surface area contributed by atoms with Crippen molar-refractivity contribution in [2.45, 2.75) is 39.0 Å². The van der Waals surface area contributed by atoms with Crippen molar-refractivity contribution in [3.05, 3.63) is 12.7 Å². The zero-order valence-corrected chi connectivity index (χ0v) is 9.74. The quantitative estimate of drug-likeness (QED) is 0.346. The van der Waals surface area contributed by atoms with Gasteiger partial charge in [-0.1, -0.05) is 17.7 Å². The van der Waals surface area contributed by atoms with Crippen LogP contribution in [0.15, 0.2) is 17.8 Å². The van der Waals surface area contributed by atoms with Crippen LogP contribution in [-0.4, -0.2) is 23.5 Å². The highest BCUT2D eigenvalue weighted by Crippen LogP contribution is 2.38. The highest BCUT2D eigenvalue weighted by Gasteiger charge is 2.45. The van der Waals surface area contributed by atoms with Crippen LogP contribution in [0.5, 0.6) is 0 Å². The van der Waals surface area contributed by atoms with Gasteiger partial charge < -0.3 is 9.94 Å². The van der Waals surface area contributed by atoms with Crippen LogP contribution in [0.4, 0.5) is 0 Å². The van der Waals surface area contributed by atoms with Crippen molar-refractivity contribution >= 4 is 11.7 Å². The van der Waals surface area contributed by atoms with Crippen LogP contribution in [0.3, 0.4) is 0 Å². The molecule has 1 rings (SSSR count). The number of carbonyl (C=O) groups excluding carboxylic acids is 1. The molecule has 1 N–H and O–H groups in total. The van der Waals surface area contributed by atoms with Crippen LogP contribution in [0.25, 0.3) is 0 Å². The van der Waals surface area contributed by atoms with Gasteiger partial charge in [-0.25, -0.2) is 0 Å². The summed E-state index contributed by atoms with van der Waals surface area (Å²) in [6, 6.07) is 0. The largest absolute Gasteiger partial charge is 0.465 e. The Hall–Kier alpha value is -1.32. The average Bonchev–Trinajstić information content (AvgIpc) is 2.30. The number of oxime groups is 1. The fourth-order valence-electron chi connectivity index (χ4n) is 2.29. The third-order valence-electron chi connectivity index (χ3n) is 3.10. The molecule has 1 aliphatic rings. The first-order chi connectivity index (χ1) is 7.71. The summed E-state index contributed by atoms with van der Waals surface area (Å²) in [6.45, 7) is 5.79. The van der Waals surface area contributed by atoms with Gasteiger partial charge >= 0.3 is 5.97 Å². The van der Waals surface area contributed by atoms with E-state index in [0.29, 0.717) is 31.6 Å². The van der Waals surface area contributed by atoms with Crippen molar-refractivity contribution in [2.75, 3.05) is 6.61 Å². The van der Waals surface area contributed by atoms with Gasteiger partial charge in [0.25, 0.3) is 0 Å². The predicted molar refractivity (Wildman–Crippen MR) is 61.6 cm³/mol. The summed E-state index contributed by atoms with van der Waals surface area (Å²) in [7, 11) is 0. The maximum atomic E-state index is 12.0. The normalized spacial score (nSPS) is 27.7. The topological polar surface area (TPSA) is 58.9 Å². The van der Waals surface area contributed by atoms with Crippen molar-refractivity contribution < 1.29 is 14.7 Å². The minimum absolute atomic E-state index is 0.289. The van der Waals surface area contributed by atoms with Gasteiger partial charge in [-0.2, -0.15) is 0 Å². The van der Waals surface area contributed by atoms with Crippen molar-refractivity contribution in [1.29, 1.82) is 0 Å². The molecule has 0 aromatic heterocycles. The molecule has 0 aromatic carbocycles. The van der Waals surface area contributed by atoms with Gasteiger partial charge in [0.05, 0.1) is 12.3 Å². The summed E-state index contributed by atoms with van der Waals surface area (Å²) < 4.78 is 5.09. The highest BCUT2D eigenvalue weighted by molar-refractivity contribution is 6.07. The van der Waals surface area contributed by atoms with Crippen LogP contribution < -0.4 is 0 Å². The molecular weight excluding hydrogens is 206 g/mol. The molecule has 1 atom stereocenters. The van der Waals surface area contributed by atoms with Crippen LogP contribution >= 0.6 is 0 Å². The molecule has 0 aliphatic heterocycles. The molecule has 1 aliphatic carbocycles. The number of carbonyl (C=O) groups is 1. The van der Waals surface area contributed by atoms with E-state index in [4.69, 9.17) is 9.94 Å².